The Kier molecular flexibility index (Phi) is 9.54. The molecule has 3 aromatic rings. The van der Waals surface area contributed by atoms with Crippen molar-refractivity contribution >= 4 is 40.6 Å². The van der Waals surface area contributed by atoms with Crippen LogP contribution in [0.4, 0.5) is 0 Å². The number of amides is 3. The molecule has 0 aliphatic rings. The van der Waals surface area contributed by atoms with E-state index < -0.39 is 60.8 Å². The van der Waals surface area contributed by atoms with Crippen molar-refractivity contribution in [2.75, 3.05) is 6.54 Å². The highest BCUT2D eigenvalue weighted by Crippen LogP contribution is 2.19. The molecule has 2 aromatic carbocycles. The summed E-state index contributed by atoms with van der Waals surface area (Å²) >= 11 is 0. The maximum absolute atomic E-state index is 13.0. The van der Waals surface area contributed by atoms with Crippen LogP contribution in [0.1, 0.15) is 17.5 Å². The van der Waals surface area contributed by atoms with Crippen LogP contribution in [0.3, 0.4) is 0 Å². The molecule has 0 aliphatic heterocycles. The van der Waals surface area contributed by atoms with Gasteiger partial charge in [-0.3, -0.25) is 19.2 Å². The lowest BCUT2D eigenvalue weighted by Crippen LogP contribution is -2.54. The second-order valence-electron chi connectivity index (χ2n) is 8.70. The first-order valence-electron chi connectivity index (χ1n) is 11.8. The fourth-order valence-corrected chi connectivity index (χ4v) is 3.88. The van der Waals surface area contributed by atoms with Crippen LogP contribution in [-0.2, 0) is 36.8 Å². The number of carbonyl (C=O) groups is 5. The van der Waals surface area contributed by atoms with Crippen molar-refractivity contribution in [1.82, 2.24) is 20.9 Å². The second kappa shape index (κ2) is 13.0. The molecule has 0 aliphatic carbocycles. The molecule has 3 amide bonds. The van der Waals surface area contributed by atoms with Gasteiger partial charge in [0, 0.05) is 23.5 Å². The monoisotopic (exact) mass is 523 g/mol. The summed E-state index contributed by atoms with van der Waals surface area (Å²) in [6.07, 6.45) is 1.06. The number of hydrogen-bond donors (Lipinski definition) is 7. The zero-order chi connectivity index (χ0) is 27.7. The zero-order valence-corrected chi connectivity index (χ0v) is 20.3. The van der Waals surface area contributed by atoms with E-state index in [2.05, 4.69) is 20.9 Å². The molecule has 12 heteroatoms. The van der Waals surface area contributed by atoms with Crippen molar-refractivity contribution in [3.05, 3.63) is 71.9 Å². The Morgan fingerprint density at radius 2 is 1.53 bits per heavy atom. The number of carbonyl (C=O) groups excluding carboxylic acids is 3. The number of rotatable bonds is 13. The van der Waals surface area contributed by atoms with Crippen LogP contribution >= 0.6 is 0 Å². The molecule has 1 aromatic heterocycles. The predicted octanol–water partition coefficient (Wildman–Crippen LogP) is -0.0745. The van der Waals surface area contributed by atoms with Crippen LogP contribution in [0, 0.1) is 0 Å². The first-order valence-corrected chi connectivity index (χ1v) is 11.8. The average molecular weight is 524 g/mol. The first kappa shape index (κ1) is 27.9. The summed E-state index contributed by atoms with van der Waals surface area (Å²) in [4.78, 5) is 63.6. The third-order valence-electron chi connectivity index (χ3n) is 5.80. The lowest BCUT2D eigenvalue weighted by molar-refractivity contribution is -0.147. The molecule has 0 radical (unpaired) electrons. The summed E-state index contributed by atoms with van der Waals surface area (Å²) in [7, 11) is 0. The first-order chi connectivity index (χ1) is 18.1. The van der Waals surface area contributed by atoms with Crippen molar-refractivity contribution < 1.29 is 34.2 Å². The minimum Gasteiger partial charge on any atom is -0.481 e. The number of para-hydroxylation sites is 1. The van der Waals surface area contributed by atoms with Gasteiger partial charge >= 0.3 is 11.9 Å². The van der Waals surface area contributed by atoms with Crippen molar-refractivity contribution in [2.45, 2.75) is 37.4 Å². The summed E-state index contributed by atoms with van der Waals surface area (Å²) in [6, 6.07) is 12.5. The number of aromatic nitrogens is 1. The summed E-state index contributed by atoms with van der Waals surface area (Å²) in [5, 5.41) is 26.2. The molecule has 3 unspecified atom stereocenters. The summed E-state index contributed by atoms with van der Waals surface area (Å²) in [5.74, 6) is -5.10. The van der Waals surface area contributed by atoms with Crippen LogP contribution in [-0.4, -0.2) is 69.5 Å². The minimum atomic E-state index is -1.70. The summed E-state index contributed by atoms with van der Waals surface area (Å²) in [6.45, 7) is -0.476. The van der Waals surface area contributed by atoms with E-state index in [1.54, 1.807) is 12.3 Å². The molecule has 12 nitrogen and oxygen atoms in total. The van der Waals surface area contributed by atoms with Crippen molar-refractivity contribution in [3.8, 4) is 0 Å². The van der Waals surface area contributed by atoms with Crippen LogP contribution in [0.2, 0.25) is 0 Å². The molecule has 0 saturated carbocycles. The zero-order valence-electron chi connectivity index (χ0n) is 20.3. The van der Waals surface area contributed by atoms with Crippen LogP contribution < -0.4 is 21.7 Å². The van der Waals surface area contributed by atoms with E-state index >= 15 is 0 Å². The number of aromatic amines is 1. The van der Waals surface area contributed by atoms with E-state index in [9.17, 15) is 29.1 Å². The van der Waals surface area contributed by atoms with E-state index in [0.717, 1.165) is 16.5 Å². The highest BCUT2D eigenvalue weighted by Gasteiger charge is 2.29. The van der Waals surface area contributed by atoms with Crippen LogP contribution in [0.5, 0.6) is 0 Å². The van der Waals surface area contributed by atoms with Gasteiger partial charge in [-0.25, -0.2) is 4.79 Å². The molecule has 0 saturated heterocycles. The number of nitrogens with two attached hydrogens (primary N) is 1. The number of carboxylic acids is 2. The van der Waals surface area contributed by atoms with Crippen LogP contribution in [0.25, 0.3) is 10.9 Å². The van der Waals surface area contributed by atoms with E-state index in [1.807, 2.05) is 48.5 Å². The van der Waals surface area contributed by atoms with Gasteiger partial charge in [0.2, 0.25) is 17.7 Å². The lowest BCUT2D eigenvalue weighted by Gasteiger charge is -2.21. The molecule has 0 fully saturated rings. The van der Waals surface area contributed by atoms with Crippen LogP contribution in [0.15, 0.2) is 60.8 Å². The van der Waals surface area contributed by atoms with Gasteiger partial charge in [-0.2, -0.15) is 0 Å². The van der Waals surface area contributed by atoms with Crippen molar-refractivity contribution in [2.24, 2.45) is 5.73 Å². The fraction of sp³-hybridized carbons (Fsp3) is 0.269. The number of fused-ring (bicyclic) bond motifs is 1. The topological polar surface area (TPSA) is 204 Å². The van der Waals surface area contributed by atoms with Gasteiger partial charge in [0.25, 0.3) is 0 Å². The van der Waals surface area contributed by atoms with Crippen molar-refractivity contribution in [3.63, 3.8) is 0 Å². The standard InChI is InChI=1S/C26H29N5O7/c27-18(10-15-6-2-1-3-7-15)24(35)29-14-22(32)30-20(25(36)31-21(26(37)38)12-23(33)34)11-16-13-28-19-9-5-4-8-17(16)19/h1-9,13,18,20-21,28H,10-12,14,27H2,(H,29,35)(H,30,32)(H,31,36)(H,33,34)(H,37,38). The molecule has 38 heavy (non-hydrogen) atoms. The summed E-state index contributed by atoms with van der Waals surface area (Å²) in [5.41, 5.74) is 8.25. The van der Waals surface area contributed by atoms with E-state index in [0.29, 0.717) is 5.56 Å². The highest BCUT2D eigenvalue weighted by molar-refractivity contribution is 5.94. The van der Waals surface area contributed by atoms with E-state index in [4.69, 9.17) is 10.8 Å². The number of carboxylic acid groups (broad SMARTS) is 2. The molecule has 0 spiro atoms. The molecular weight excluding hydrogens is 494 g/mol. The predicted molar refractivity (Wildman–Crippen MR) is 137 cm³/mol. The second-order valence-corrected chi connectivity index (χ2v) is 8.70. The molecule has 3 atom stereocenters. The number of hydrogen-bond acceptors (Lipinski definition) is 6. The molecule has 1 heterocycles. The van der Waals surface area contributed by atoms with Gasteiger partial charge in [0.15, 0.2) is 0 Å². The van der Waals surface area contributed by atoms with E-state index in [-0.39, 0.29) is 12.8 Å². The van der Waals surface area contributed by atoms with Gasteiger partial charge in [-0.05, 0) is 23.6 Å². The Balaban J connectivity index is 1.68. The number of H-pyrrole nitrogens is 1. The SMILES string of the molecule is NC(Cc1ccccc1)C(=O)NCC(=O)NC(Cc1c[nH]c2ccccc12)C(=O)NC(CC(=O)O)C(=O)O. The van der Waals surface area contributed by atoms with Gasteiger partial charge < -0.3 is 36.9 Å². The number of aliphatic carboxylic acids is 2. The molecule has 3 rings (SSSR count). The molecule has 8 N–H and O–H groups in total. The van der Waals surface area contributed by atoms with Gasteiger partial charge in [-0.1, -0.05) is 48.5 Å². The molecular formula is C26H29N5O7. The fourth-order valence-electron chi connectivity index (χ4n) is 3.88. The quantitative estimate of drug-likeness (QED) is 0.161. The normalized spacial score (nSPS) is 13.2. The average Bonchev–Trinajstić information content (AvgIpc) is 3.29. The highest BCUT2D eigenvalue weighted by atomic mass is 16.4. The number of nitrogens with one attached hydrogen (secondary N) is 4. The van der Waals surface area contributed by atoms with E-state index in [1.165, 1.54) is 0 Å². The smallest absolute Gasteiger partial charge is 0.326 e. The Morgan fingerprint density at radius 1 is 0.842 bits per heavy atom. The summed E-state index contributed by atoms with van der Waals surface area (Å²) < 4.78 is 0. The Bertz CT molecular complexity index is 1310. The molecule has 200 valence electrons. The Labute approximate surface area is 217 Å². The maximum atomic E-state index is 13.0. The lowest BCUT2D eigenvalue weighted by atomic mass is 10.0. The van der Waals surface area contributed by atoms with Crippen molar-refractivity contribution in [1.29, 1.82) is 0 Å². The third-order valence-corrected chi connectivity index (χ3v) is 5.80. The maximum Gasteiger partial charge on any atom is 0.326 e. The van der Waals surface area contributed by atoms with Gasteiger partial charge in [-0.15, -0.1) is 0 Å². The Hall–Kier alpha value is -4.71. The number of benzene rings is 2. The van der Waals surface area contributed by atoms with Gasteiger partial charge in [0.1, 0.15) is 12.1 Å². The largest absolute Gasteiger partial charge is 0.481 e. The third kappa shape index (κ3) is 7.90. The Morgan fingerprint density at radius 3 is 2.21 bits per heavy atom. The minimum absolute atomic E-state index is 0.0253. The molecule has 0 bridgehead atoms. The van der Waals surface area contributed by atoms with Gasteiger partial charge in [0.05, 0.1) is 19.0 Å².